The Labute approximate surface area is 96.8 Å². The largest absolute Gasteiger partial charge is 0.463 e. The predicted molar refractivity (Wildman–Crippen MR) is 63.8 cm³/mol. The molecule has 0 atom stereocenters. The summed E-state index contributed by atoms with van der Waals surface area (Å²) in [6, 6.07) is 0. The first-order valence-corrected chi connectivity index (χ1v) is 5.89. The summed E-state index contributed by atoms with van der Waals surface area (Å²) in [6.07, 6.45) is 5.66. The van der Waals surface area contributed by atoms with E-state index < -0.39 is 0 Å². The van der Waals surface area contributed by atoms with Gasteiger partial charge in [0.2, 0.25) is 0 Å². The van der Waals surface area contributed by atoms with Crippen LogP contribution in [-0.4, -0.2) is 36.6 Å². The van der Waals surface area contributed by atoms with Gasteiger partial charge in [-0.15, -0.1) is 0 Å². The molecule has 1 aliphatic carbocycles. The summed E-state index contributed by atoms with van der Waals surface area (Å²) in [5, 5.41) is 0.388. The predicted octanol–water partition coefficient (Wildman–Crippen LogP) is 2.00. The lowest BCUT2D eigenvalue weighted by Gasteiger charge is -2.21. The lowest BCUT2D eigenvalue weighted by Crippen LogP contribution is -2.28. The molecule has 1 aliphatic rings. The van der Waals surface area contributed by atoms with Crippen molar-refractivity contribution in [3.8, 4) is 0 Å². The molecule has 0 aromatic carbocycles. The average molecular weight is 229 g/mol. The maximum absolute atomic E-state index is 11.7. The molecule has 0 bridgehead atoms. The van der Waals surface area contributed by atoms with E-state index in [-0.39, 0.29) is 18.3 Å². The number of thiocarbonyl (C=S) groups is 1. The summed E-state index contributed by atoms with van der Waals surface area (Å²) in [4.78, 5) is 13.4. The monoisotopic (exact) mass is 229 g/mol. The van der Waals surface area contributed by atoms with Crippen molar-refractivity contribution >= 4 is 23.2 Å². The first kappa shape index (κ1) is 12.4. The van der Waals surface area contributed by atoms with Crippen molar-refractivity contribution in [2.75, 3.05) is 20.7 Å². The molecule has 0 N–H and O–H groups in total. The first-order chi connectivity index (χ1) is 7.11. The molecule has 0 aromatic heterocycles. The highest BCUT2D eigenvalue weighted by Gasteiger charge is 2.21. The number of rotatable bonds is 3. The molecule has 3 nitrogen and oxygen atoms in total. The number of hydrogen-bond acceptors (Lipinski definition) is 3. The highest BCUT2D eigenvalue weighted by atomic mass is 32.1. The Morgan fingerprint density at radius 2 is 1.93 bits per heavy atom. The van der Waals surface area contributed by atoms with E-state index in [0.717, 1.165) is 12.8 Å². The minimum Gasteiger partial charge on any atom is -0.463 e. The number of ether oxygens (including phenoxy) is 1. The van der Waals surface area contributed by atoms with Crippen LogP contribution in [0.1, 0.15) is 32.1 Å². The summed E-state index contributed by atoms with van der Waals surface area (Å²) in [7, 11) is 3.63. The van der Waals surface area contributed by atoms with Crippen molar-refractivity contribution in [3.63, 3.8) is 0 Å². The normalized spacial score (nSPS) is 17.2. The number of carbonyl (C=O) groups excluding carboxylic acids is 1. The van der Waals surface area contributed by atoms with Crippen molar-refractivity contribution in [2.24, 2.45) is 5.92 Å². The van der Waals surface area contributed by atoms with E-state index in [0.29, 0.717) is 5.17 Å². The SMILES string of the molecule is CN(C)C(=S)OCC(=O)C1CCCCC1. The fourth-order valence-corrected chi connectivity index (χ4v) is 1.86. The zero-order chi connectivity index (χ0) is 11.3. The van der Waals surface area contributed by atoms with Crippen LogP contribution in [0.15, 0.2) is 0 Å². The molecule has 1 fully saturated rings. The Bertz CT molecular complexity index is 235. The van der Waals surface area contributed by atoms with Gasteiger partial charge >= 0.3 is 0 Å². The van der Waals surface area contributed by atoms with Gasteiger partial charge in [0.15, 0.2) is 5.78 Å². The number of ketones is 1. The standard InChI is InChI=1S/C11H19NO2S/c1-12(2)11(15)14-8-10(13)9-6-4-3-5-7-9/h9H,3-8H2,1-2H3. The van der Waals surface area contributed by atoms with Crippen LogP contribution in [0.4, 0.5) is 0 Å². The van der Waals surface area contributed by atoms with Gasteiger partial charge in [-0.25, -0.2) is 0 Å². The molecule has 0 spiro atoms. The van der Waals surface area contributed by atoms with Gasteiger partial charge in [-0.2, -0.15) is 0 Å². The molecule has 1 rings (SSSR count). The molecule has 1 saturated carbocycles. The number of Topliss-reactive ketones (excluding diaryl/α,β-unsaturated/α-hetero) is 1. The number of hydrogen-bond donors (Lipinski definition) is 0. The van der Waals surface area contributed by atoms with E-state index in [1.54, 1.807) is 4.90 Å². The Hall–Kier alpha value is -0.640. The minimum atomic E-state index is 0.141. The molecule has 15 heavy (non-hydrogen) atoms. The van der Waals surface area contributed by atoms with Crippen LogP contribution in [-0.2, 0) is 9.53 Å². The second kappa shape index (κ2) is 6.05. The Balaban J connectivity index is 2.26. The van der Waals surface area contributed by atoms with Crippen molar-refractivity contribution in [3.05, 3.63) is 0 Å². The molecule has 0 saturated heterocycles. The quantitative estimate of drug-likeness (QED) is 0.692. The molecule has 0 unspecified atom stereocenters. The first-order valence-electron chi connectivity index (χ1n) is 5.48. The third-order valence-corrected chi connectivity index (χ3v) is 3.25. The Morgan fingerprint density at radius 3 is 2.47 bits per heavy atom. The van der Waals surface area contributed by atoms with Gasteiger partial charge in [0.05, 0.1) is 0 Å². The van der Waals surface area contributed by atoms with Gasteiger partial charge in [0, 0.05) is 20.0 Å². The molecule has 0 aliphatic heterocycles. The van der Waals surface area contributed by atoms with Gasteiger partial charge in [-0.3, -0.25) is 4.79 Å². The molecule has 0 heterocycles. The lowest BCUT2D eigenvalue weighted by atomic mass is 9.86. The fourth-order valence-electron chi connectivity index (χ4n) is 1.80. The maximum atomic E-state index is 11.7. The van der Waals surface area contributed by atoms with Gasteiger partial charge < -0.3 is 9.64 Å². The van der Waals surface area contributed by atoms with E-state index in [4.69, 9.17) is 17.0 Å². The van der Waals surface area contributed by atoms with Crippen LogP contribution in [0.5, 0.6) is 0 Å². The van der Waals surface area contributed by atoms with Gasteiger partial charge in [-0.1, -0.05) is 19.3 Å². The van der Waals surface area contributed by atoms with Crippen LogP contribution >= 0.6 is 12.2 Å². The summed E-state index contributed by atoms with van der Waals surface area (Å²) >= 11 is 4.95. The summed E-state index contributed by atoms with van der Waals surface area (Å²) < 4.78 is 5.23. The van der Waals surface area contributed by atoms with Crippen molar-refractivity contribution < 1.29 is 9.53 Å². The molecule has 86 valence electrons. The lowest BCUT2D eigenvalue weighted by molar-refractivity contribution is -0.126. The number of carbonyl (C=O) groups is 1. The second-order valence-corrected chi connectivity index (χ2v) is 4.60. The topological polar surface area (TPSA) is 29.5 Å². The van der Waals surface area contributed by atoms with Crippen LogP contribution < -0.4 is 0 Å². The van der Waals surface area contributed by atoms with Crippen LogP contribution in [0.2, 0.25) is 0 Å². The van der Waals surface area contributed by atoms with Crippen LogP contribution in [0.3, 0.4) is 0 Å². The van der Waals surface area contributed by atoms with E-state index in [9.17, 15) is 4.79 Å². The fraction of sp³-hybridized carbons (Fsp3) is 0.818. The summed E-state index contributed by atoms with van der Waals surface area (Å²) in [6.45, 7) is 0.141. The molecule has 0 amide bonds. The van der Waals surface area contributed by atoms with Gasteiger partial charge in [0.1, 0.15) is 6.61 Å². The minimum absolute atomic E-state index is 0.141. The highest BCUT2D eigenvalue weighted by Crippen LogP contribution is 2.24. The highest BCUT2D eigenvalue weighted by molar-refractivity contribution is 7.80. The Morgan fingerprint density at radius 1 is 1.33 bits per heavy atom. The summed E-state index contributed by atoms with van der Waals surface area (Å²) in [5.41, 5.74) is 0. The summed E-state index contributed by atoms with van der Waals surface area (Å²) in [5.74, 6) is 0.419. The van der Waals surface area contributed by atoms with E-state index in [1.807, 2.05) is 14.1 Å². The molecule has 0 aromatic rings. The zero-order valence-electron chi connectivity index (χ0n) is 9.49. The van der Waals surface area contributed by atoms with Crippen molar-refractivity contribution in [1.29, 1.82) is 0 Å². The third kappa shape index (κ3) is 4.16. The zero-order valence-corrected chi connectivity index (χ0v) is 10.3. The number of nitrogens with zero attached hydrogens (tertiary/aromatic N) is 1. The molecular formula is C11H19NO2S. The molecular weight excluding hydrogens is 210 g/mol. The van der Waals surface area contributed by atoms with E-state index >= 15 is 0 Å². The van der Waals surface area contributed by atoms with Crippen molar-refractivity contribution in [1.82, 2.24) is 4.90 Å². The smallest absolute Gasteiger partial charge is 0.259 e. The molecule has 4 heteroatoms. The second-order valence-electron chi connectivity index (χ2n) is 4.25. The van der Waals surface area contributed by atoms with Gasteiger partial charge in [-0.05, 0) is 25.1 Å². The van der Waals surface area contributed by atoms with E-state index in [2.05, 4.69) is 0 Å². The van der Waals surface area contributed by atoms with Gasteiger partial charge in [0.25, 0.3) is 5.17 Å². The van der Waals surface area contributed by atoms with E-state index in [1.165, 1.54) is 19.3 Å². The maximum Gasteiger partial charge on any atom is 0.259 e. The average Bonchev–Trinajstić information content (AvgIpc) is 2.26. The van der Waals surface area contributed by atoms with Crippen molar-refractivity contribution in [2.45, 2.75) is 32.1 Å². The van der Waals surface area contributed by atoms with Crippen LogP contribution in [0, 0.1) is 5.92 Å². The third-order valence-electron chi connectivity index (χ3n) is 2.76. The molecule has 0 radical (unpaired) electrons. The Kier molecular flexibility index (Phi) is 5.02. The van der Waals surface area contributed by atoms with Crippen LogP contribution in [0.25, 0.3) is 0 Å².